The third-order valence-electron chi connectivity index (χ3n) is 2.79. The average Bonchev–Trinajstić information content (AvgIpc) is 2.86. The number of fused-ring (bicyclic) bond motifs is 1. The number of rotatable bonds is 8. The van der Waals surface area contributed by atoms with E-state index >= 15 is 0 Å². The molecule has 0 bridgehead atoms. The van der Waals surface area contributed by atoms with Crippen LogP contribution in [0.2, 0.25) is 0 Å². The standard InChI is InChI=1S/C12H19N5S/c1-18-7-5-3-2-4-6-13-11-10-12(15-8-14-10)17-9-16-11/h8-9H,2-7H2,1H3,(H2,13,14,15,16,17). The third-order valence-corrected chi connectivity index (χ3v) is 3.49. The van der Waals surface area contributed by atoms with Crippen LogP contribution in [-0.4, -0.2) is 38.5 Å². The Kier molecular flexibility index (Phi) is 5.26. The van der Waals surface area contributed by atoms with E-state index < -0.39 is 0 Å². The summed E-state index contributed by atoms with van der Waals surface area (Å²) in [6.07, 6.45) is 10.4. The molecule has 0 aliphatic rings. The second-order valence-corrected chi connectivity index (χ2v) is 5.14. The smallest absolute Gasteiger partial charge is 0.182 e. The highest BCUT2D eigenvalue weighted by molar-refractivity contribution is 7.98. The molecule has 6 heteroatoms. The second kappa shape index (κ2) is 7.20. The van der Waals surface area contributed by atoms with Crippen molar-refractivity contribution in [1.82, 2.24) is 19.9 Å². The molecule has 2 aromatic heterocycles. The summed E-state index contributed by atoms with van der Waals surface area (Å²) in [6, 6.07) is 0. The van der Waals surface area contributed by atoms with Crippen LogP contribution in [0.3, 0.4) is 0 Å². The van der Waals surface area contributed by atoms with Gasteiger partial charge in [-0.15, -0.1) is 0 Å². The average molecular weight is 265 g/mol. The van der Waals surface area contributed by atoms with Crippen LogP contribution in [0.1, 0.15) is 25.7 Å². The maximum absolute atomic E-state index is 4.23. The van der Waals surface area contributed by atoms with Gasteiger partial charge in [-0.25, -0.2) is 15.0 Å². The number of nitrogens with zero attached hydrogens (tertiary/aromatic N) is 3. The number of hydrogen-bond acceptors (Lipinski definition) is 5. The van der Waals surface area contributed by atoms with Gasteiger partial charge in [0, 0.05) is 6.54 Å². The van der Waals surface area contributed by atoms with Gasteiger partial charge in [-0.05, 0) is 24.9 Å². The van der Waals surface area contributed by atoms with Gasteiger partial charge in [-0.3, -0.25) is 0 Å². The molecular weight excluding hydrogens is 246 g/mol. The normalized spacial score (nSPS) is 10.9. The summed E-state index contributed by atoms with van der Waals surface area (Å²) in [4.78, 5) is 15.5. The quantitative estimate of drug-likeness (QED) is 0.718. The van der Waals surface area contributed by atoms with Crippen molar-refractivity contribution in [3.8, 4) is 0 Å². The summed E-state index contributed by atoms with van der Waals surface area (Å²) < 4.78 is 0. The van der Waals surface area contributed by atoms with Gasteiger partial charge >= 0.3 is 0 Å². The van der Waals surface area contributed by atoms with Crippen LogP contribution < -0.4 is 5.32 Å². The van der Waals surface area contributed by atoms with E-state index in [2.05, 4.69) is 31.5 Å². The molecule has 0 spiro atoms. The Morgan fingerprint density at radius 3 is 2.94 bits per heavy atom. The van der Waals surface area contributed by atoms with Crippen LogP contribution in [0.15, 0.2) is 12.7 Å². The number of imidazole rings is 1. The van der Waals surface area contributed by atoms with Gasteiger partial charge in [0.2, 0.25) is 0 Å². The lowest BCUT2D eigenvalue weighted by molar-refractivity contribution is 0.688. The molecule has 2 N–H and O–H groups in total. The van der Waals surface area contributed by atoms with E-state index in [4.69, 9.17) is 0 Å². The zero-order chi connectivity index (χ0) is 12.6. The molecule has 2 aromatic rings. The lowest BCUT2D eigenvalue weighted by atomic mass is 10.2. The Morgan fingerprint density at radius 2 is 2.06 bits per heavy atom. The van der Waals surface area contributed by atoms with Crippen LogP contribution >= 0.6 is 11.8 Å². The van der Waals surface area contributed by atoms with E-state index in [0.717, 1.165) is 17.9 Å². The molecule has 0 aliphatic heterocycles. The second-order valence-electron chi connectivity index (χ2n) is 4.16. The first-order valence-corrected chi connectivity index (χ1v) is 7.68. The predicted octanol–water partition coefficient (Wildman–Crippen LogP) is 2.69. The van der Waals surface area contributed by atoms with Crippen LogP contribution in [-0.2, 0) is 0 Å². The number of unbranched alkanes of at least 4 members (excludes halogenated alkanes) is 3. The van der Waals surface area contributed by atoms with E-state index in [9.17, 15) is 0 Å². The lowest BCUT2D eigenvalue weighted by Gasteiger charge is -2.05. The molecule has 0 fully saturated rings. The summed E-state index contributed by atoms with van der Waals surface area (Å²) in [5, 5.41) is 3.34. The van der Waals surface area contributed by atoms with Crippen molar-refractivity contribution in [3.05, 3.63) is 12.7 Å². The largest absolute Gasteiger partial charge is 0.368 e. The van der Waals surface area contributed by atoms with Gasteiger partial charge in [0.05, 0.1) is 6.33 Å². The molecule has 0 atom stereocenters. The van der Waals surface area contributed by atoms with Gasteiger partial charge in [0.25, 0.3) is 0 Å². The van der Waals surface area contributed by atoms with Gasteiger partial charge in [0.15, 0.2) is 11.5 Å². The van der Waals surface area contributed by atoms with Crippen LogP contribution in [0.25, 0.3) is 11.2 Å². The summed E-state index contributed by atoms with van der Waals surface area (Å²) in [5.41, 5.74) is 1.60. The van der Waals surface area contributed by atoms with Crippen molar-refractivity contribution in [2.75, 3.05) is 23.9 Å². The van der Waals surface area contributed by atoms with Crippen molar-refractivity contribution in [1.29, 1.82) is 0 Å². The SMILES string of the molecule is CSCCCCCCNc1ncnc2nc[nH]c12. The molecule has 0 amide bonds. The third kappa shape index (κ3) is 3.60. The maximum Gasteiger partial charge on any atom is 0.182 e. The molecule has 0 saturated heterocycles. The highest BCUT2D eigenvalue weighted by Gasteiger charge is 2.04. The van der Waals surface area contributed by atoms with Crippen molar-refractivity contribution < 1.29 is 0 Å². The van der Waals surface area contributed by atoms with Gasteiger partial charge in [-0.1, -0.05) is 12.8 Å². The number of aromatic amines is 1. The van der Waals surface area contributed by atoms with E-state index in [1.165, 1.54) is 31.4 Å². The number of H-pyrrole nitrogens is 1. The van der Waals surface area contributed by atoms with Crippen molar-refractivity contribution in [2.24, 2.45) is 0 Å². The maximum atomic E-state index is 4.23. The first-order chi connectivity index (χ1) is 8.92. The van der Waals surface area contributed by atoms with E-state index in [1.807, 2.05) is 11.8 Å². The van der Waals surface area contributed by atoms with Crippen molar-refractivity contribution in [3.63, 3.8) is 0 Å². The minimum atomic E-state index is 0.715. The molecular formula is C12H19N5S. The van der Waals surface area contributed by atoms with E-state index in [1.54, 1.807) is 12.7 Å². The molecule has 2 rings (SSSR count). The highest BCUT2D eigenvalue weighted by atomic mass is 32.2. The molecule has 2 heterocycles. The van der Waals surface area contributed by atoms with E-state index in [-0.39, 0.29) is 0 Å². The molecule has 98 valence electrons. The Hall–Kier alpha value is -1.30. The molecule has 5 nitrogen and oxygen atoms in total. The van der Waals surface area contributed by atoms with Crippen molar-refractivity contribution >= 4 is 28.7 Å². The van der Waals surface area contributed by atoms with E-state index in [0.29, 0.717) is 5.65 Å². The fourth-order valence-electron chi connectivity index (χ4n) is 1.83. The summed E-state index contributed by atoms with van der Waals surface area (Å²) >= 11 is 1.92. The number of anilines is 1. The van der Waals surface area contributed by atoms with Gasteiger partial charge in [-0.2, -0.15) is 11.8 Å². The molecule has 0 saturated carbocycles. The predicted molar refractivity (Wildman–Crippen MR) is 77.0 cm³/mol. The first kappa shape index (κ1) is 13.1. The summed E-state index contributed by atoms with van der Waals surface area (Å²) in [7, 11) is 0. The highest BCUT2D eigenvalue weighted by Crippen LogP contribution is 2.14. The first-order valence-electron chi connectivity index (χ1n) is 6.28. The Labute approximate surface area is 111 Å². The summed E-state index contributed by atoms with van der Waals surface area (Å²) in [6.45, 7) is 0.949. The fraction of sp³-hybridized carbons (Fsp3) is 0.583. The Morgan fingerprint density at radius 1 is 1.17 bits per heavy atom. The number of thioether (sulfide) groups is 1. The minimum absolute atomic E-state index is 0.715. The zero-order valence-electron chi connectivity index (χ0n) is 10.6. The van der Waals surface area contributed by atoms with Crippen molar-refractivity contribution in [2.45, 2.75) is 25.7 Å². The number of hydrogen-bond donors (Lipinski definition) is 2. The zero-order valence-corrected chi connectivity index (χ0v) is 11.5. The lowest BCUT2D eigenvalue weighted by Crippen LogP contribution is -2.04. The Bertz CT molecular complexity index is 470. The molecule has 18 heavy (non-hydrogen) atoms. The van der Waals surface area contributed by atoms with Crippen LogP contribution in [0.5, 0.6) is 0 Å². The molecule has 0 aromatic carbocycles. The van der Waals surface area contributed by atoms with Crippen LogP contribution in [0.4, 0.5) is 5.82 Å². The topological polar surface area (TPSA) is 66.5 Å². The molecule has 0 radical (unpaired) electrons. The monoisotopic (exact) mass is 265 g/mol. The van der Waals surface area contributed by atoms with Gasteiger partial charge < -0.3 is 10.3 Å². The Balaban J connectivity index is 1.72. The number of nitrogens with one attached hydrogen (secondary N) is 2. The molecule has 0 unspecified atom stereocenters. The van der Waals surface area contributed by atoms with Crippen LogP contribution in [0, 0.1) is 0 Å². The molecule has 0 aliphatic carbocycles. The summed E-state index contributed by atoms with van der Waals surface area (Å²) in [5.74, 6) is 2.12. The number of aromatic nitrogens is 4. The van der Waals surface area contributed by atoms with Gasteiger partial charge in [0.1, 0.15) is 11.8 Å². The minimum Gasteiger partial charge on any atom is -0.368 e. The fourth-order valence-corrected chi connectivity index (χ4v) is 2.32.